The Morgan fingerprint density at radius 2 is 1.68 bits per heavy atom. The van der Waals surface area contributed by atoms with Crippen molar-refractivity contribution in [3.8, 4) is 0 Å². The summed E-state index contributed by atoms with van der Waals surface area (Å²) in [7, 11) is 0. The van der Waals surface area contributed by atoms with Gasteiger partial charge in [-0.05, 0) is 53.4 Å². The van der Waals surface area contributed by atoms with Crippen molar-refractivity contribution < 1.29 is 4.79 Å². The van der Waals surface area contributed by atoms with Gasteiger partial charge in [-0.1, -0.05) is 56.1 Å². The van der Waals surface area contributed by atoms with E-state index in [9.17, 15) is 4.79 Å². The molecule has 144 valence electrons. The monoisotopic (exact) mass is 413 g/mol. The fourth-order valence-corrected chi connectivity index (χ4v) is 2.96. The topological polar surface area (TPSA) is 54.0 Å². The standard InChI is InChI=1S/C22H21Cl2N3O/c1-22(2,3)15-7-9-16(10-8-15)26-21(28)14-6-11-17(23)19(13-14)27-20-18(24)5-4-12-25-20/h4-13H,1-3H3,(H,25,27)(H,26,28). The highest BCUT2D eigenvalue weighted by Crippen LogP contribution is 2.29. The molecule has 0 aliphatic rings. The first kappa shape index (κ1) is 20.2. The summed E-state index contributed by atoms with van der Waals surface area (Å²) in [5.74, 6) is 0.247. The van der Waals surface area contributed by atoms with Crippen molar-refractivity contribution in [2.75, 3.05) is 10.6 Å². The second-order valence-electron chi connectivity index (χ2n) is 7.43. The number of amides is 1. The van der Waals surface area contributed by atoms with Crippen LogP contribution in [0.3, 0.4) is 0 Å². The van der Waals surface area contributed by atoms with Gasteiger partial charge >= 0.3 is 0 Å². The highest BCUT2D eigenvalue weighted by molar-refractivity contribution is 6.34. The predicted molar refractivity (Wildman–Crippen MR) is 117 cm³/mol. The molecule has 0 atom stereocenters. The molecule has 0 radical (unpaired) electrons. The van der Waals surface area contributed by atoms with E-state index in [-0.39, 0.29) is 11.3 Å². The minimum Gasteiger partial charge on any atom is -0.338 e. The second-order valence-corrected chi connectivity index (χ2v) is 8.25. The van der Waals surface area contributed by atoms with Crippen LogP contribution in [0.15, 0.2) is 60.8 Å². The molecule has 0 saturated carbocycles. The van der Waals surface area contributed by atoms with Gasteiger partial charge in [-0.25, -0.2) is 4.98 Å². The van der Waals surface area contributed by atoms with Crippen LogP contribution >= 0.6 is 23.2 Å². The van der Waals surface area contributed by atoms with Gasteiger partial charge < -0.3 is 10.6 Å². The number of nitrogens with zero attached hydrogens (tertiary/aromatic N) is 1. The number of nitrogens with one attached hydrogen (secondary N) is 2. The largest absolute Gasteiger partial charge is 0.338 e. The zero-order valence-electron chi connectivity index (χ0n) is 15.9. The first-order valence-corrected chi connectivity index (χ1v) is 9.58. The molecule has 6 heteroatoms. The molecule has 1 amide bonds. The summed E-state index contributed by atoms with van der Waals surface area (Å²) < 4.78 is 0. The minimum atomic E-state index is -0.227. The summed E-state index contributed by atoms with van der Waals surface area (Å²) >= 11 is 12.4. The van der Waals surface area contributed by atoms with Gasteiger partial charge in [-0.15, -0.1) is 0 Å². The predicted octanol–water partition coefficient (Wildman–Crippen LogP) is 6.68. The lowest BCUT2D eigenvalue weighted by atomic mass is 9.87. The first-order valence-electron chi connectivity index (χ1n) is 8.83. The second kappa shape index (κ2) is 8.21. The molecule has 1 heterocycles. The number of pyridine rings is 1. The maximum atomic E-state index is 12.7. The Kier molecular flexibility index (Phi) is 5.92. The maximum absolute atomic E-state index is 12.7. The molecule has 2 aromatic carbocycles. The highest BCUT2D eigenvalue weighted by Gasteiger charge is 2.14. The van der Waals surface area contributed by atoms with Crippen LogP contribution in [0.4, 0.5) is 17.2 Å². The van der Waals surface area contributed by atoms with Gasteiger partial charge in [0.2, 0.25) is 0 Å². The smallest absolute Gasteiger partial charge is 0.255 e. The van der Waals surface area contributed by atoms with E-state index in [2.05, 4.69) is 36.4 Å². The van der Waals surface area contributed by atoms with Crippen LogP contribution in [0.25, 0.3) is 0 Å². The number of anilines is 3. The Bertz CT molecular complexity index is 995. The number of hydrogen-bond acceptors (Lipinski definition) is 3. The molecule has 0 fully saturated rings. The van der Waals surface area contributed by atoms with E-state index >= 15 is 0 Å². The molecule has 0 bridgehead atoms. The third-order valence-corrected chi connectivity index (χ3v) is 4.88. The molecule has 0 spiro atoms. The molecule has 0 unspecified atom stereocenters. The lowest BCUT2D eigenvalue weighted by Gasteiger charge is -2.19. The Labute approximate surface area is 174 Å². The van der Waals surface area contributed by atoms with Crippen molar-refractivity contribution in [1.82, 2.24) is 4.98 Å². The van der Waals surface area contributed by atoms with Crippen molar-refractivity contribution in [3.63, 3.8) is 0 Å². The first-order chi connectivity index (χ1) is 13.2. The Morgan fingerprint density at radius 1 is 0.964 bits per heavy atom. The Balaban J connectivity index is 1.78. The quantitative estimate of drug-likeness (QED) is 0.501. The Morgan fingerprint density at radius 3 is 2.32 bits per heavy atom. The van der Waals surface area contributed by atoms with Crippen molar-refractivity contribution in [2.45, 2.75) is 26.2 Å². The van der Waals surface area contributed by atoms with E-state index in [4.69, 9.17) is 23.2 Å². The van der Waals surface area contributed by atoms with Gasteiger partial charge in [0, 0.05) is 17.4 Å². The molecular formula is C22H21Cl2N3O. The number of carbonyl (C=O) groups is 1. The number of rotatable bonds is 4. The molecule has 0 aliphatic heterocycles. The van der Waals surface area contributed by atoms with Crippen LogP contribution < -0.4 is 10.6 Å². The molecule has 0 saturated heterocycles. The fourth-order valence-electron chi connectivity index (χ4n) is 2.62. The van der Waals surface area contributed by atoms with Crippen molar-refractivity contribution in [2.24, 2.45) is 0 Å². The average molecular weight is 414 g/mol. The van der Waals surface area contributed by atoms with E-state index in [1.54, 1.807) is 36.5 Å². The highest BCUT2D eigenvalue weighted by atomic mass is 35.5. The van der Waals surface area contributed by atoms with E-state index in [1.807, 2.05) is 24.3 Å². The SMILES string of the molecule is CC(C)(C)c1ccc(NC(=O)c2ccc(Cl)c(Nc3ncccc3Cl)c2)cc1. The van der Waals surface area contributed by atoms with Crippen LogP contribution in [0.5, 0.6) is 0 Å². The summed E-state index contributed by atoms with van der Waals surface area (Å²) in [5.41, 5.74) is 3.02. The lowest BCUT2D eigenvalue weighted by molar-refractivity contribution is 0.102. The summed E-state index contributed by atoms with van der Waals surface area (Å²) in [5, 5.41) is 6.91. The van der Waals surface area contributed by atoms with E-state index in [0.29, 0.717) is 27.1 Å². The van der Waals surface area contributed by atoms with Gasteiger partial charge in [0.05, 0.1) is 15.7 Å². The average Bonchev–Trinajstić information content (AvgIpc) is 2.65. The molecule has 2 N–H and O–H groups in total. The zero-order valence-corrected chi connectivity index (χ0v) is 17.4. The van der Waals surface area contributed by atoms with Gasteiger partial charge in [0.25, 0.3) is 5.91 Å². The van der Waals surface area contributed by atoms with Gasteiger partial charge in [0.15, 0.2) is 0 Å². The van der Waals surface area contributed by atoms with Crippen LogP contribution in [-0.2, 0) is 5.41 Å². The third kappa shape index (κ3) is 4.83. The molecular weight excluding hydrogens is 393 g/mol. The van der Waals surface area contributed by atoms with Crippen molar-refractivity contribution >= 4 is 46.3 Å². The molecule has 3 rings (SSSR count). The molecule has 0 aliphatic carbocycles. The number of benzene rings is 2. The van der Waals surface area contributed by atoms with Crippen molar-refractivity contribution in [3.05, 3.63) is 82.0 Å². The van der Waals surface area contributed by atoms with Gasteiger partial charge in [-0.2, -0.15) is 0 Å². The van der Waals surface area contributed by atoms with Crippen molar-refractivity contribution in [1.29, 1.82) is 0 Å². The molecule has 28 heavy (non-hydrogen) atoms. The van der Waals surface area contributed by atoms with Gasteiger partial charge in [0.1, 0.15) is 5.82 Å². The zero-order chi connectivity index (χ0) is 20.3. The summed E-state index contributed by atoms with van der Waals surface area (Å²) in [6.07, 6.45) is 1.62. The molecule has 4 nitrogen and oxygen atoms in total. The van der Waals surface area contributed by atoms with E-state index in [1.165, 1.54) is 5.56 Å². The number of aromatic nitrogens is 1. The van der Waals surface area contributed by atoms with Crippen LogP contribution in [0.2, 0.25) is 10.0 Å². The normalized spacial score (nSPS) is 11.2. The number of carbonyl (C=O) groups excluding carboxylic acids is 1. The van der Waals surface area contributed by atoms with E-state index < -0.39 is 0 Å². The number of halogens is 2. The summed E-state index contributed by atoms with van der Waals surface area (Å²) in [6.45, 7) is 6.45. The van der Waals surface area contributed by atoms with Crippen LogP contribution in [0, 0.1) is 0 Å². The molecule has 3 aromatic rings. The summed E-state index contributed by atoms with van der Waals surface area (Å²) in [6, 6.07) is 16.3. The van der Waals surface area contributed by atoms with Gasteiger partial charge in [-0.3, -0.25) is 4.79 Å². The molecule has 1 aromatic heterocycles. The number of hydrogen-bond donors (Lipinski definition) is 2. The lowest BCUT2D eigenvalue weighted by Crippen LogP contribution is -2.14. The summed E-state index contributed by atoms with van der Waals surface area (Å²) in [4.78, 5) is 16.8. The third-order valence-electron chi connectivity index (χ3n) is 4.25. The maximum Gasteiger partial charge on any atom is 0.255 e. The minimum absolute atomic E-state index is 0.0615. The van der Waals surface area contributed by atoms with Crippen LogP contribution in [-0.4, -0.2) is 10.9 Å². The Hall–Kier alpha value is -2.56. The van der Waals surface area contributed by atoms with Crippen LogP contribution in [0.1, 0.15) is 36.7 Å². The fraction of sp³-hybridized carbons (Fsp3) is 0.182. The van der Waals surface area contributed by atoms with E-state index in [0.717, 1.165) is 5.69 Å².